The van der Waals surface area contributed by atoms with Crippen molar-refractivity contribution in [1.82, 2.24) is 15.3 Å². The molecule has 1 aliphatic rings. The van der Waals surface area contributed by atoms with E-state index in [0.29, 0.717) is 19.8 Å². The predicted octanol–water partition coefficient (Wildman–Crippen LogP) is 2.11. The summed E-state index contributed by atoms with van der Waals surface area (Å²) in [5.41, 5.74) is 3.41. The molecule has 0 radical (unpaired) electrons. The van der Waals surface area contributed by atoms with Gasteiger partial charge in [0, 0.05) is 11.4 Å². The number of hydrogen-bond donors (Lipinski definition) is 1. The Bertz CT molecular complexity index is 422. The van der Waals surface area contributed by atoms with Crippen LogP contribution in [-0.4, -0.2) is 42.9 Å². The molecule has 1 aromatic heterocycles. The van der Waals surface area contributed by atoms with Gasteiger partial charge in [0.15, 0.2) is 5.82 Å². The quantitative estimate of drug-likeness (QED) is 0.780. The van der Waals surface area contributed by atoms with E-state index in [1.165, 1.54) is 12.0 Å². The number of nitrogens with zero attached hydrogens (tertiary/aromatic N) is 2. The molecule has 1 saturated heterocycles. The molecule has 118 valence electrons. The number of aryl methyl sites for hydroxylation is 2. The summed E-state index contributed by atoms with van der Waals surface area (Å²) >= 11 is 0. The first-order chi connectivity index (χ1) is 10.2. The monoisotopic (exact) mass is 293 g/mol. The summed E-state index contributed by atoms with van der Waals surface area (Å²) in [5.74, 6) is 0.762. The van der Waals surface area contributed by atoms with Gasteiger partial charge in [-0.3, -0.25) is 0 Å². The Morgan fingerprint density at radius 1 is 1.14 bits per heavy atom. The second-order valence-corrected chi connectivity index (χ2v) is 5.52. The van der Waals surface area contributed by atoms with Gasteiger partial charge in [-0.1, -0.05) is 6.92 Å². The lowest BCUT2D eigenvalue weighted by molar-refractivity contribution is -0.0936. The molecule has 0 bridgehead atoms. The first-order valence-electron chi connectivity index (χ1n) is 7.96. The van der Waals surface area contributed by atoms with Gasteiger partial charge in [-0.05, 0) is 51.8 Å². The van der Waals surface area contributed by atoms with Gasteiger partial charge in [-0.2, -0.15) is 0 Å². The average Bonchev–Trinajstić information content (AvgIpc) is 2.50. The van der Waals surface area contributed by atoms with Crippen molar-refractivity contribution in [2.75, 3.05) is 32.9 Å². The van der Waals surface area contributed by atoms with E-state index in [-0.39, 0.29) is 6.10 Å². The lowest BCUT2D eigenvalue weighted by Crippen LogP contribution is -2.24. The maximum atomic E-state index is 5.68. The van der Waals surface area contributed by atoms with Crippen molar-refractivity contribution in [3.63, 3.8) is 0 Å². The summed E-state index contributed by atoms with van der Waals surface area (Å²) in [6, 6.07) is 0. The molecule has 0 aromatic carbocycles. The third-order valence-electron chi connectivity index (χ3n) is 3.75. The van der Waals surface area contributed by atoms with Crippen LogP contribution in [0.25, 0.3) is 0 Å². The van der Waals surface area contributed by atoms with E-state index in [4.69, 9.17) is 9.47 Å². The van der Waals surface area contributed by atoms with Crippen LogP contribution in [0.2, 0.25) is 0 Å². The van der Waals surface area contributed by atoms with Crippen LogP contribution >= 0.6 is 0 Å². The molecule has 1 aromatic rings. The zero-order valence-electron chi connectivity index (χ0n) is 13.4. The Labute approximate surface area is 127 Å². The summed E-state index contributed by atoms with van der Waals surface area (Å²) in [4.78, 5) is 9.27. The van der Waals surface area contributed by atoms with Crippen LogP contribution in [0.5, 0.6) is 0 Å². The van der Waals surface area contributed by atoms with Crippen molar-refractivity contribution >= 4 is 0 Å². The second kappa shape index (κ2) is 8.41. The molecule has 1 unspecified atom stereocenters. The molecule has 2 heterocycles. The molecule has 1 N–H and O–H groups in total. The second-order valence-electron chi connectivity index (χ2n) is 5.52. The first kappa shape index (κ1) is 16.3. The lowest BCUT2D eigenvalue weighted by Gasteiger charge is -2.23. The van der Waals surface area contributed by atoms with Crippen LogP contribution in [0.3, 0.4) is 0 Å². The van der Waals surface area contributed by atoms with E-state index >= 15 is 0 Å². The van der Waals surface area contributed by atoms with Crippen molar-refractivity contribution in [2.24, 2.45) is 0 Å². The minimum atomic E-state index is -0.114. The minimum Gasteiger partial charge on any atom is -0.376 e. The maximum Gasteiger partial charge on any atom is 0.160 e. The van der Waals surface area contributed by atoms with Gasteiger partial charge in [0.1, 0.15) is 6.10 Å². The van der Waals surface area contributed by atoms with Gasteiger partial charge in [0.05, 0.1) is 19.8 Å². The molecule has 0 amide bonds. The van der Waals surface area contributed by atoms with E-state index in [1.54, 1.807) is 0 Å². The molecule has 5 heteroatoms. The van der Waals surface area contributed by atoms with Gasteiger partial charge >= 0.3 is 0 Å². The number of aromatic nitrogens is 2. The van der Waals surface area contributed by atoms with Gasteiger partial charge in [0.25, 0.3) is 0 Å². The van der Waals surface area contributed by atoms with Crippen LogP contribution in [0.1, 0.15) is 48.6 Å². The molecule has 21 heavy (non-hydrogen) atoms. The van der Waals surface area contributed by atoms with E-state index in [0.717, 1.165) is 43.1 Å². The number of hydrogen-bond acceptors (Lipinski definition) is 5. The third-order valence-corrected chi connectivity index (χ3v) is 3.75. The van der Waals surface area contributed by atoms with Crippen LogP contribution in [0.15, 0.2) is 0 Å². The fourth-order valence-corrected chi connectivity index (χ4v) is 2.60. The highest BCUT2D eigenvalue weighted by atomic mass is 16.6. The standard InChI is InChI=1S/C16H27N3O2/c1-4-7-17-8-5-6-14-12(2)18-16(19-13(14)3)15-11-20-9-10-21-15/h15,17H,4-11H2,1-3H3. The van der Waals surface area contributed by atoms with E-state index < -0.39 is 0 Å². The SMILES string of the molecule is CCCNCCCc1c(C)nc(C2COCCO2)nc1C. The number of rotatable bonds is 7. The summed E-state index contributed by atoms with van der Waals surface area (Å²) in [6.45, 7) is 10.3. The summed E-state index contributed by atoms with van der Waals surface area (Å²) < 4.78 is 11.1. The van der Waals surface area contributed by atoms with Gasteiger partial charge in [0.2, 0.25) is 0 Å². The molecule has 0 spiro atoms. The fraction of sp³-hybridized carbons (Fsp3) is 0.750. The van der Waals surface area contributed by atoms with Crippen molar-refractivity contribution in [2.45, 2.75) is 46.1 Å². The Morgan fingerprint density at radius 2 is 1.90 bits per heavy atom. The highest BCUT2D eigenvalue weighted by Crippen LogP contribution is 2.20. The third kappa shape index (κ3) is 4.73. The topological polar surface area (TPSA) is 56.3 Å². The molecule has 2 rings (SSSR count). The lowest BCUT2D eigenvalue weighted by atomic mass is 10.1. The van der Waals surface area contributed by atoms with Crippen LogP contribution in [0, 0.1) is 13.8 Å². The normalized spacial score (nSPS) is 18.9. The smallest absolute Gasteiger partial charge is 0.160 e. The van der Waals surface area contributed by atoms with E-state index in [1.807, 2.05) is 0 Å². The molecule has 1 fully saturated rings. The average molecular weight is 293 g/mol. The van der Waals surface area contributed by atoms with Gasteiger partial charge < -0.3 is 14.8 Å². The fourth-order valence-electron chi connectivity index (χ4n) is 2.60. The molecular weight excluding hydrogens is 266 g/mol. The predicted molar refractivity (Wildman–Crippen MR) is 82.5 cm³/mol. The van der Waals surface area contributed by atoms with E-state index in [9.17, 15) is 0 Å². The van der Waals surface area contributed by atoms with Crippen molar-refractivity contribution in [3.8, 4) is 0 Å². The molecular formula is C16H27N3O2. The Kier molecular flexibility index (Phi) is 6.54. The molecule has 5 nitrogen and oxygen atoms in total. The largest absolute Gasteiger partial charge is 0.376 e. The molecule has 1 atom stereocenters. The summed E-state index contributed by atoms with van der Waals surface area (Å²) in [5, 5.41) is 3.43. The Morgan fingerprint density at radius 3 is 2.52 bits per heavy atom. The highest BCUT2D eigenvalue weighted by Gasteiger charge is 2.21. The van der Waals surface area contributed by atoms with E-state index in [2.05, 4.69) is 36.1 Å². The zero-order valence-corrected chi connectivity index (χ0v) is 13.4. The molecule has 1 aliphatic heterocycles. The summed E-state index contributed by atoms with van der Waals surface area (Å²) in [7, 11) is 0. The molecule has 0 saturated carbocycles. The van der Waals surface area contributed by atoms with Crippen LogP contribution in [0.4, 0.5) is 0 Å². The van der Waals surface area contributed by atoms with Gasteiger partial charge in [-0.25, -0.2) is 9.97 Å². The highest BCUT2D eigenvalue weighted by molar-refractivity contribution is 5.25. The zero-order chi connectivity index (χ0) is 15.1. The van der Waals surface area contributed by atoms with Crippen LogP contribution in [-0.2, 0) is 15.9 Å². The van der Waals surface area contributed by atoms with Crippen molar-refractivity contribution < 1.29 is 9.47 Å². The Hall–Kier alpha value is -1.04. The van der Waals surface area contributed by atoms with Crippen molar-refractivity contribution in [1.29, 1.82) is 0 Å². The minimum absolute atomic E-state index is 0.114. The molecule has 0 aliphatic carbocycles. The maximum absolute atomic E-state index is 5.68. The number of ether oxygens (including phenoxy) is 2. The van der Waals surface area contributed by atoms with Gasteiger partial charge in [-0.15, -0.1) is 0 Å². The first-order valence-corrected chi connectivity index (χ1v) is 7.96. The Balaban J connectivity index is 1.96. The number of nitrogens with one attached hydrogen (secondary N) is 1. The van der Waals surface area contributed by atoms with Crippen LogP contribution < -0.4 is 5.32 Å². The van der Waals surface area contributed by atoms with Crippen molar-refractivity contribution in [3.05, 3.63) is 22.8 Å². The summed E-state index contributed by atoms with van der Waals surface area (Å²) in [6.07, 6.45) is 3.21.